The van der Waals surface area contributed by atoms with Crippen molar-refractivity contribution in [3.63, 3.8) is 0 Å². The number of rotatable bonds is 4. The first kappa shape index (κ1) is 14.7. The number of ketones is 1. The van der Waals surface area contributed by atoms with Crippen molar-refractivity contribution in [1.29, 1.82) is 0 Å². The Balaban J connectivity index is 2.03. The maximum Gasteiger partial charge on any atom is 0.323 e. The summed E-state index contributed by atoms with van der Waals surface area (Å²) in [6.07, 6.45) is 0. The van der Waals surface area contributed by atoms with Crippen molar-refractivity contribution in [3.8, 4) is 0 Å². The second-order valence-electron chi connectivity index (χ2n) is 4.53. The Morgan fingerprint density at radius 1 is 1.00 bits per heavy atom. The Bertz CT molecular complexity index is 651. The summed E-state index contributed by atoms with van der Waals surface area (Å²) in [4.78, 5) is 23.1. The largest absolute Gasteiger partial charge is 0.392 e. The lowest BCUT2D eigenvalue weighted by atomic mass is 10.1. The Morgan fingerprint density at radius 3 is 2.29 bits per heavy atom. The Kier molecular flexibility index (Phi) is 4.68. The molecule has 2 rings (SSSR count). The van der Waals surface area contributed by atoms with Gasteiger partial charge in [0, 0.05) is 22.5 Å². The molecule has 2 aromatic carbocycles. The van der Waals surface area contributed by atoms with Crippen molar-refractivity contribution in [2.75, 3.05) is 10.6 Å². The van der Waals surface area contributed by atoms with Crippen molar-refractivity contribution in [2.45, 2.75) is 13.5 Å². The lowest BCUT2D eigenvalue weighted by molar-refractivity contribution is 0.101. The van der Waals surface area contributed by atoms with Gasteiger partial charge in [-0.05, 0) is 37.3 Å². The van der Waals surface area contributed by atoms with Gasteiger partial charge in [0.15, 0.2) is 5.78 Å². The molecule has 2 aromatic rings. The first-order valence-electron chi connectivity index (χ1n) is 6.48. The second-order valence-corrected chi connectivity index (χ2v) is 4.53. The maximum absolute atomic E-state index is 11.9. The molecule has 3 N–H and O–H groups in total. The zero-order valence-corrected chi connectivity index (χ0v) is 11.6. The van der Waals surface area contributed by atoms with Crippen molar-refractivity contribution >= 4 is 23.2 Å². The van der Waals surface area contributed by atoms with Gasteiger partial charge in [0.2, 0.25) is 0 Å². The standard InChI is InChI=1S/C16H16N2O3/c1-11(20)12-6-8-14(9-7-12)17-16(21)18-15-5-3-2-4-13(15)10-19/h2-9,19H,10H2,1H3,(H2,17,18,21). The smallest absolute Gasteiger partial charge is 0.323 e. The molecule has 0 atom stereocenters. The molecule has 2 amide bonds. The van der Waals surface area contributed by atoms with E-state index < -0.39 is 6.03 Å². The van der Waals surface area contributed by atoms with Gasteiger partial charge in [0.1, 0.15) is 0 Å². The average Bonchev–Trinajstić information content (AvgIpc) is 2.48. The van der Waals surface area contributed by atoms with E-state index in [1.54, 1.807) is 48.5 Å². The molecule has 0 aliphatic carbocycles. The van der Waals surface area contributed by atoms with Crippen molar-refractivity contribution in [1.82, 2.24) is 0 Å². The highest BCUT2D eigenvalue weighted by molar-refractivity contribution is 6.00. The second kappa shape index (κ2) is 6.67. The number of anilines is 2. The third kappa shape index (κ3) is 3.90. The number of hydrogen-bond acceptors (Lipinski definition) is 3. The zero-order valence-electron chi connectivity index (χ0n) is 11.6. The SMILES string of the molecule is CC(=O)c1ccc(NC(=O)Nc2ccccc2CO)cc1. The number of hydrogen-bond donors (Lipinski definition) is 3. The fraction of sp³-hybridized carbons (Fsp3) is 0.125. The summed E-state index contributed by atoms with van der Waals surface area (Å²) in [6.45, 7) is 1.34. The Labute approximate surface area is 122 Å². The molecule has 0 saturated heterocycles. The van der Waals surface area contributed by atoms with Gasteiger partial charge in [-0.2, -0.15) is 0 Å². The van der Waals surface area contributed by atoms with Crippen LogP contribution in [0.5, 0.6) is 0 Å². The lowest BCUT2D eigenvalue weighted by Gasteiger charge is -2.10. The monoisotopic (exact) mass is 284 g/mol. The quantitative estimate of drug-likeness (QED) is 0.755. The zero-order chi connectivity index (χ0) is 15.2. The summed E-state index contributed by atoms with van der Waals surface area (Å²) in [6, 6.07) is 13.2. The van der Waals surface area contributed by atoms with E-state index in [-0.39, 0.29) is 12.4 Å². The van der Waals surface area contributed by atoms with E-state index in [2.05, 4.69) is 10.6 Å². The van der Waals surface area contributed by atoms with Crippen LogP contribution in [0.1, 0.15) is 22.8 Å². The number of urea groups is 1. The number of nitrogens with one attached hydrogen (secondary N) is 2. The number of aliphatic hydroxyl groups is 1. The van der Waals surface area contributed by atoms with Crippen LogP contribution in [0.25, 0.3) is 0 Å². The molecule has 0 spiro atoms. The summed E-state index contributed by atoms with van der Waals surface area (Å²) in [7, 11) is 0. The van der Waals surface area contributed by atoms with Gasteiger partial charge in [-0.25, -0.2) is 4.79 Å². The molecule has 0 unspecified atom stereocenters. The number of carbonyl (C=O) groups excluding carboxylic acids is 2. The maximum atomic E-state index is 11.9. The number of aliphatic hydroxyl groups excluding tert-OH is 1. The third-order valence-electron chi connectivity index (χ3n) is 2.99. The number of carbonyl (C=O) groups is 2. The number of Topliss-reactive ketones (excluding diaryl/α,β-unsaturated/α-hetero) is 1. The van der Waals surface area contributed by atoms with Crippen molar-refractivity contribution < 1.29 is 14.7 Å². The molecule has 0 aromatic heterocycles. The highest BCUT2D eigenvalue weighted by atomic mass is 16.3. The van der Waals surface area contributed by atoms with E-state index in [9.17, 15) is 14.7 Å². The fourth-order valence-corrected chi connectivity index (χ4v) is 1.85. The fourth-order valence-electron chi connectivity index (χ4n) is 1.85. The first-order chi connectivity index (χ1) is 10.1. The lowest BCUT2D eigenvalue weighted by Crippen LogP contribution is -2.20. The molecule has 0 fully saturated rings. The molecule has 108 valence electrons. The Morgan fingerprint density at radius 2 is 1.67 bits per heavy atom. The van der Waals surface area contributed by atoms with E-state index in [4.69, 9.17) is 0 Å². The first-order valence-corrected chi connectivity index (χ1v) is 6.48. The minimum Gasteiger partial charge on any atom is -0.392 e. The van der Waals surface area contributed by atoms with Gasteiger partial charge in [0.25, 0.3) is 0 Å². The highest BCUT2D eigenvalue weighted by Gasteiger charge is 2.06. The van der Waals surface area contributed by atoms with Gasteiger partial charge in [-0.1, -0.05) is 18.2 Å². The van der Waals surface area contributed by atoms with E-state index in [1.807, 2.05) is 0 Å². The van der Waals surface area contributed by atoms with Crippen LogP contribution in [0.4, 0.5) is 16.2 Å². The number of amides is 2. The molecule has 5 heteroatoms. The molecular formula is C16H16N2O3. The third-order valence-corrected chi connectivity index (χ3v) is 2.99. The predicted octanol–water partition coefficient (Wildman–Crippen LogP) is 3.03. The van der Waals surface area contributed by atoms with Crippen LogP contribution in [0.3, 0.4) is 0 Å². The summed E-state index contributed by atoms with van der Waals surface area (Å²) < 4.78 is 0. The molecule has 0 saturated carbocycles. The average molecular weight is 284 g/mol. The summed E-state index contributed by atoms with van der Waals surface area (Å²) in [5.74, 6) is -0.0251. The van der Waals surface area contributed by atoms with E-state index in [0.29, 0.717) is 22.5 Å². The van der Waals surface area contributed by atoms with Crippen LogP contribution in [0.2, 0.25) is 0 Å². The van der Waals surface area contributed by atoms with E-state index in [0.717, 1.165) is 0 Å². The number of para-hydroxylation sites is 1. The summed E-state index contributed by atoms with van der Waals surface area (Å²) in [5.41, 5.74) is 2.36. The predicted molar refractivity (Wildman–Crippen MR) is 81.5 cm³/mol. The van der Waals surface area contributed by atoms with E-state index in [1.165, 1.54) is 6.92 Å². The molecule has 0 bridgehead atoms. The topological polar surface area (TPSA) is 78.4 Å². The molecule has 21 heavy (non-hydrogen) atoms. The summed E-state index contributed by atoms with van der Waals surface area (Å²) >= 11 is 0. The van der Waals surface area contributed by atoms with Crippen LogP contribution >= 0.6 is 0 Å². The minimum atomic E-state index is -0.411. The van der Waals surface area contributed by atoms with Gasteiger partial charge < -0.3 is 15.7 Å². The van der Waals surface area contributed by atoms with Crippen LogP contribution in [-0.2, 0) is 6.61 Å². The molecule has 0 radical (unpaired) electrons. The van der Waals surface area contributed by atoms with E-state index >= 15 is 0 Å². The van der Waals surface area contributed by atoms with Crippen LogP contribution in [-0.4, -0.2) is 16.9 Å². The molecule has 5 nitrogen and oxygen atoms in total. The van der Waals surface area contributed by atoms with Crippen molar-refractivity contribution in [3.05, 3.63) is 59.7 Å². The molecule has 0 aliphatic heterocycles. The van der Waals surface area contributed by atoms with Crippen LogP contribution < -0.4 is 10.6 Å². The molecular weight excluding hydrogens is 268 g/mol. The van der Waals surface area contributed by atoms with Crippen LogP contribution in [0.15, 0.2) is 48.5 Å². The van der Waals surface area contributed by atoms with Gasteiger partial charge in [-0.3, -0.25) is 4.79 Å². The van der Waals surface area contributed by atoms with Gasteiger partial charge in [-0.15, -0.1) is 0 Å². The van der Waals surface area contributed by atoms with Gasteiger partial charge in [0.05, 0.1) is 6.61 Å². The Hall–Kier alpha value is -2.66. The molecule has 0 heterocycles. The van der Waals surface area contributed by atoms with Crippen LogP contribution in [0, 0.1) is 0 Å². The van der Waals surface area contributed by atoms with Crippen molar-refractivity contribution in [2.24, 2.45) is 0 Å². The number of benzene rings is 2. The minimum absolute atomic E-state index is 0.0251. The highest BCUT2D eigenvalue weighted by Crippen LogP contribution is 2.16. The normalized spacial score (nSPS) is 10.0. The summed E-state index contributed by atoms with van der Waals surface area (Å²) in [5, 5.41) is 14.5. The van der Waals surface area contributed by atoms with Gasteiger partial charge >= 0.3 is 6.03 Å². The molecule has 0 aliphatic rings.